The summed E-state index contributed by atoms with van der Waals surface area (Å²) in [5.41, 5.74) is 4.94. The van der Waals surface area contributed by atoms with E-state index < -0.39 is 0 Å². The van der Waals surface area contributed by atoms with Crippen molar-refractivity contribution in [1.82, 2.24) is 15.0 Å². The molecule has 0 unspecified atom stereocenters. The van der Waals surface area contributed by atoms with E-state index in [1.54, 1.807) is 4.68 Å². The molecule has 1 aromatic heterocycles. The fourth-order valence-electron chi connectivity index (χ4n) is 2.21. The molecular formula is C15H21N3O. The molecule has 0 aliphatic heterocycles. The smallest absolute Gasteiger partial charge is 0.122 e. The SMILES string of the molecule is CCOc1ccc(CCc2cn(C)nn2)c(C)c1C. The summed E-state index contributed by atoms with van der Waals surface area (Å²) in [5, 5.41) is 8.07. The molecule has 1 aromatic carbocycles. The molecule has 0 atom stereocenters. The Hall–Kier alpha value is -1.84. The molecule has 0 aliphatic rings. The van der Waals surface area contributed by atoms with Crippen molar-refractivity contribution in [2.75, 3.05) is 6.61 Å². The zero-order valence-electron chi connectivity index (χ0n) is 12.1. The fraction of sp³-hybridized carbons (Fsp3) is 0.467. The minimum Gasteiger partial charge on any atom is -0.494 e. The Balaban J connectivity index is 2.10. The first kappa shape index (κ1) is 13.6. The van der Waals surface area contributed by atoms with E-state index in [1.807, 2.05) is 20.2 Å². The van der Waals surface area contributed by atoms with Gasteiger partial charge in [0.05, 0.1) is 12.3 Å². The van der Waals surface area contributed by atoms with E-state index in [4.69, 9.17) is 4.74 Å². The van der Waals surface area contributed by atoms with Gasteiger partial charge in [-0.2, -0.15) is 0 Å². The molecule has 0 saturated carbocycles. The molecule has 0 amide bonds. The van der Waals surface area contributed by atoms with Gasteiger partial charge in [-0.15, -0.1) is 5.10 Å². The molecule has 0 fully saturated rings. The Morgan fingerprint density at radius 3 is 2.58 bits per heavy atom. The summed E-state index contributed by atoms with van der Waals surface area (Å²) < 4.78 is 7.35. The third-order valence-electron chi connectivity index (χ3n) is 3.45. The zero-order chi connectivity index (χ0) is 13.8. The Morgan fingerprint density at radius 2 is 1.95 bits per heavy atom. The molecule has 102 valence electrons. The van der Waals surface area contributed by atoms with Gasteiger partial charge in [0.25, 0.3) is 0 Å². The number of nitrogens with zero attached hydrogens (tertiary/aromatic N) is 3. The first-order valence-electron chi connectivity index (χ1n) is 6.69. The van der Waals surface area contributed by atoms with Gasteiger partial charge in [-0.3, -0.25) is 4.68 Å². The summed E-state index contributed by atoms with van der Waals surface area (Å²) in [6.07, 6.45) is 3.87. The molecule has 19 heavy (non-hydrogen) atoms. The van der Waals surface area contributed by atoms with Crippen molar-refractivity contribution in [3.8, 4) is 5.75 Å². The molecule has 0 aliphatic carbocycles. The predicted molar refractivity (Wildman–Crippen MR) is 75.5 cm³/mol. The van der Waals surface area contributed by atoms with Crippen LogP contribution in [0.5, 0.6) is 5.75 Å². The monoisotopic (exact) mass is 259 g/mol. The maximum absolute atomic E-state index is 5.61. The summed E-state index contributed by atoms with van der Waals surface area (Å²) >= 11 is 0. The lowest BCUT2D eigenvalue weighted by atomic mass is 9.98. The highest BCUT2D eigenvalue weighted by molar-refractivity contribution is 5.43. The maximum atomic E-state index is 5.61. The van der Waals surface area contributed by atoms with E-state index in [0.717, 1.165) is 24.3 Å². The van der Waals surface area contributed by atoms with Gasteiger partial charge in [0.1, 0.15) is 5.75 Å². The number of hydrogen-bond acceptors (Lipinski definition) is 3. The molecule has 0 bridgehead atoms. The third kappa shape index (κ3) is 3.13. The van der Waals surface area contributed by atoms with Crippen molar-refractivity contribution < 1.29 is 4.74 Å². The quantitative estimate of drug-likeness (QED) is 0.828. The average Bonchev–Trinajstić information content (AvgIpc) is 2.80. The highest BCUT2D eigenvalue weighted by Crippen LogP contribution is 2.25. The highest BCUT2D eigenvalue weighted by atomic mass is 16.5. The Morgan fingerprint density at radius 1 is 1.16 bits per heavy atom. The van der Waals surface area contributed by atoms with Crippen molar-refractivity contribution >= 4 is 0 Å². The summed E-state index contributed by atoms with van der Waals surface area (Å²) in [7, 11) is 1.89. The first-order chi connectivity index (χ1) is 9.11. The molecule has 0 spiro atoms. The number of hydrogen-bond donors (Lipinski definition) is 0. The van der Waals surface area contributed by atoms with Crippen LogP contribution >= 0.6 is 0 Å². The lowest BCUT2D eigenvalue weighted by molar-refractivity contribution is 0.337. The molecule has 0 N–H and O–H groups in total. The molecule has 1 heterocycles. The predicted octanol–water partition coefficient (Wildman–Crippen LogP) is 2.62. The highest BCUT2D eigenvalue weighted by Gasteiger charge is 2.08. The van der Waals surface area contributed by atoms with Crippen LogP contribution in [-0.4, -0.2) is 21.6 Å². The van der Waals surface area contributed by atoms with Gasteiger partial charge in [0, 0.05) is 13.2 Å². The fourth-order valence-corrected chi connectivity index (χ4v) is 2.21. The van der Waals surface area contributed by atoms with Crippen molar-refractivity contribution in [2.24, 2.45) is 7.05 Å². The van der Waals surface area contributed by atoms with Gasteiger partial charge in [-0.05, 0) is 56.4 Å². The van der Waals surface area contributed by atoms with Gasteiger partial charge in [-0.25, -0.2) is 0 Å². The van der Waals surface area contributed by atoms with Crippen LogP contribution in [0.2, 0.25) is 0 Å². The third-order valence-corrected chi connectivity index (χ3v) is 3.45. The van der Waals surface area contributed by atoms with Crippen LogP contribution in [0.4, 0.5) is 0 Å². The first-order valence-corrected chi connectivity index (χ1v) is 6.69. The van der Waals surface area contributed by atoms with Crippen molar-refractivity contribution in [1.29, 1.82) is 0 Å². The molecular weight excluding hydrogens is 238 g/mol. The molecule has 2 aromatic rings. The van der Waals surface area contributed by atoms with Crippen LogP contribution in [0.25, 0.3) is 0 Å². The topological polar surface area (TPSA) is 39.9 Å². The molecule has 0 saturated heterocycles. The second-order valence-electron chi connectivity index (χ2n) is 4.79. The summed E-state index contributed by atoms with van der Waals surface area (Å²) in [6.45, 7) is 6.99. The van der Waals surface area contributed by atoms with E-state index in [1.165, 1.54) is 16.7 Å². The van der Waals surface area contributed by atoms with Crippen molar-refractivity contribution in [3.63, 3.8) is 0 Å². The number of aromatic nitrogens is 3. The van der Waals surface area contributed by atoms with Gasteiger partial charge < -0.3 is 4.74 Å². The lowest BCUT2D eigenvalue weighted by Gasteiger charge is -2.13. The largest absolute Gasteiger partial charge is 0.494 e. The average molecular weight is 259 g/mol. The van der Waals surface area contributed by atoms with Crippen LogP contribution in [0, 0.1) is 13.8 Å². The van der Waals surface area contributed by atoms with Crippen molar-refractivity contribution in [2.45, 2.75) is 33.6 Å². The normalized spacial score (nSPS) is 10.7. The lowest BCUT2D eigenvalue weighted by Crippen LogP contribution is -2.00. The Bertz CT molecular complexity index is 561. The van der Waals surface area contributed by atoms with Gasteiger partial charge in [-0.1, -0.05) is 11.3 Å². The maximum Gasteiger partial charge on any atom is 0.122 e. The summed E-state index contributed by atoms with van der Waals surface area (Å²) in [5.74, 6) is 0.989. The molecule has 0 radical (unpaired) electrons. The number of rotatable bonds is 5. The zero-order valence-corrected chi connectivity index (χ0v) is 12.1. The minimum absolute atomic E-state index is 0.708. The van der Waals surface area contributed by atoms with E-state index in [-0.39, 0.29) is 0 Å². The van der Waals surface area contributed by atoms with E-state index in [2.05, 4.69) is 36.3 Å². The van der Waals surface area contributed by atoms with Crippen LogP contribution in [-0.2, 0) is 19.9 Å². The van der Waals surface area contributed by atoms with E-state index in [9.17, 15) is 0 Å². The van der Waals surface area contributed by atoms with E-state index in [0.29, 0.717) is 6.61 Å². The number of benzene rings is 1. The molecule has 4 nitrogen and oxygen atoms in total. The van der Waals surface area contributed by atoms with Crippen LogP contribution in [0.3, 0.4) is 0 Å². The van der Waals surface area contributed by atoms with Crippen molar-refractivity contribution in [3.05, 3.63) is 40.7 Å². The van der Waals surface area contributed by atoms with Crippen LogP contribution < -0.4 is 4.74 Å². The minimum atomic E-state index is 0.708. The van der Waals surface area contributed by atoms with Gasteiger partial charge >= 0.3 is 0 Å². The van der Waals surface area contributed by atoms with Gasteiger partial charge in [0.2, 0.25) is 0 Å². The van der Waals surface area contributed by atoms with Crippen LogP contribution in [0.15, 0.2) is 18.3 Å². The molecule has 4 heteroatoms. The summed E-state index contributed by atoms with van der Waals surface area (Å²) in [6, 6.07) is 4.22. The Labute approximate surface area is 114 Å². The second-order valence-corrected chi connectivity index (χ2v) is 4.79. The Kier molecular flexibility index (Phi) is 4.20. The molecule has 2 rings (SSSR count). The van der Waals surface area contributed by atoms with Crippen LogP contribution in [0.1, 0.15) is 29.3 Å². The number of aryl methyl sites for hydroxylation is 3. The second kappa shape index (κ2) is 5.87. The summed E-state index contributed by atoms with van der Waals surface area (Å²) in [4.78, 5) is 0. The van der Waals surface area contributed by atoms with E-state index >= 15 is 0 Å². The number of ether oxygens (including phenoxy) is 1. The van der Waals surface area contributed by atoms with Gasteiger partial charge in [0.15, 0.2) is 0 Å². The standard InChI is InChI=1S/C15H21N3O/c1-5-19-15-9-7-13(11(2)12(15)3)6-8-14-10-18(4)17-16-14/h7,9-10H,5-6,8H2,1-4H3.